The maximum Gasteiger partial charge on any atom is 0.193 e. The van der Waals surface area contributed by atoms with Crippen molar-refractivity contribution < 1.29 is 4.79 Å². The summed E-state index contributed by atoms with van der Waals surface area (Å²) in [5.41, 5.74) is 7.75. The summed E-state index contributed by atoms with van der Waals surface area (Å²) >= 11 is 7.69. The number of carbonyl (C=O) groups is 1. The molecule has 0 N–H and O–H groups in total. The van der Waals surface area contributed by atoms with Gasteiger partial charge in [-0.1, -0.05) is 72.3 Å². The predicted molar refractivity (Wildman–Crippen MR) is 133 cm³/mol. The molecular weight excluding hydrogens is 434 g/mol. The quantitative estimate of drug-likeness (QED) is 0.255. The van der Waals surface area contributed by atoms with Crippen molar-refractivity contribution in [3.05, 3.63) is 123 Å². The lowest BCUT2D eigenvalue weighted by Gasteiger charge is -2.04. The molecule has 3 aromatic rings. The Morgan fingerprint density at radius 2 is 1.53 bits per heavy atom. The molecule has 0 bridgehead atoms. The van der Waals surface area contributed by atoms with E-state index in [4.69, 9.17) is 16.6 Å². The highest BCUT2D eigenvalue weighted by molar-refractivity contribution is 7.10. The second-order valence-corrected chi connectivity index (χ2v) is 9.10. The molecular formula is C28H20ClNOS. The first-order valence-electron chi connectivity index (χ1n) is 10.4. The lowest BCUT2D eigenvalue weighted by molar-refractivity contribution is 0.103. The Labute approximate surface area is 196 Å². The summed E-state index contributed by atoms with van der Waals surface area (Å²) in [6.45, 7) is 2.05. The van der Waals surface area contributed by atoms with E-state index < -0.39 is 0 Å². The topological polar surface area (TPSA) is 30.0 Å². The molecule has 0 saturated heterocycles. The fourth-order valence-electron chi connectivity index (χ4n) is 4.13. The Kier molecular flexibility index (Phi) is 5.60. The van der Waals surface area contributed by atoms with E-state index in [0.717, 1.165) is 44.1 Å². The number of benzene rings is 2. The molecule has 5 rings (SSSR count). The molecule has 2 aliphatic rings. The minimum Gasteiger partial charge on any atom is -0.289 e. The van der Waals surface area contributed by atoms with Crippen LogP contribution in [0.15, 0.2) is 90.3 Å². The number of nitrogens with zero attached hydrogens (tertiary/aromatic N) is 1. The summed E-state index contributed by atoms with van der Waals surface area (Å²) in [6, 6.07) is 27.5. The number of ketones is 1. The smallest absolute Gasteiger partial charge is 0.193 e. The Hall–Kier alpha value is -3.27. The Morgan fingerprint density at radius 3 is 2.25 bits per heavy atom. The Morgan fingerprint density at radius 1 is 0.875 bits per heavy atom. The summed E-state index contributed by atoms with van der Waals surface area (Å²) in [4.78, 5) is 18.4. The van der Waals surface area contributed by atoms with Crippen molar-refractivity contribution in [1.29, 1.82) is 0 Å². The lowest BCUT2D eigenvalue weighted by atomic mass is 9.99. The van der Waals surface area contributed by atoms with Crippen molar-refractivity contribution in [3.63, 3.8) is 0 Å². The average Bonchev–Trinajstić information content (AvgIpc) is 3.29. The fourth-order valence-corrected chi connectivity index (χ4v) is 5.08. The van der Waals surface area contributed by atoms with Gasteiger partial charge in [0.1, 0.15) is 0 Å². The van der Waals surface area contributed by atoms with Crippen LogP contribution in [0.3, 0.4) is 0 Å². The van der Waals surface area contributed by atoms with Gasteiger partial charge < -0.3 is 0 Å². The molecule has 32 heavy (non-hydrogen) atoms. The zero-order valence-electron chi connectivity index (χ0n) is 17.5. The van der Waals surface area contributed by atoms with Gasteiger partial charge in [-0.05, 0) is 53.4 Å². The Balaban J connectivity index is 1.57. The number of carbonyl (C=O) groups excluding carboxylic acids is 1. The van der Waals surface area contributed by atoms with E-state index in [-0.39, 0.29) is 5.78 Å². The molecule has 0 unspecified atom stereocenters. The number of halogens is 1. The van der Waals surface area contributed by atoms with Gasteiger partial charge in [-0.2, -0.15) is 0 Å². The molecule has 0 aliphatic heterocycles. The first kappa shape index (κ1) is 20.6. The number of fused-ring (bicyclic) bond motifs is 1. The second kappa shape index (κ2) is 8.70. The number of aromatic nitrogens is 1. The summed E-state index contributed by atoms with van der Waals surface area (Å²) in [5.74, 6) is 0.0192. The van der Waals surface area contributed by atoms with Crippen LogP contribution in [0.4, 0.5) is 0 Å². The van der Waals surface area contributed by atoms with Gasteiger partial charge in [-0.15, -0.1) is 11.3 Å². The van der Waals surface area contributed by atoms with Crippen molar-refractivity contribution in [2.24, 2.45) is 0 Å². The third-order valence-corrected chi connectivity index (χ3v) is 6.84. The molecule has 0 spiro atoms. The lowest BCUT2D eigenvalue weighted by Crippen LogP contribution is -2.03. The summed E-state index contributed by atoms with van der Waals surface area (Å²) in [6.07, 6.45) is 0.692. The molecule has 1 heterocycles. The first-order valence-corrected chi connectivity index (χ1v) is 11.7. The van der Waals surface area contributed by atoms with Crippen LogP contribution in [0.1, 0.15) is 32.1 Å². The van der Waals surface area contributed by atoms with Crippen LogP contribution in [-0.4, -0.2) is 10.8 Å². The van der Waals surface area contributed by atoms with Crippen LogP contribution < -0.4 is 0 Å². The van der Waals surface area contributed by atoms with Crippen molar-refractivity contribution in [2.75, 3.05) is 0 Å². The molecule has 0 amide bonds. The minimum atomic E-state index is 0.0192. The molecule has 0 atom stereocenters. The maximum absolute atomic E-state index is 13.5. The highest BCUT2D eigenvalue weighted by Crippen LogP contribution is 2.39. The maximum atomic E-state index is 13.5. The first-order chi connectivity index (χ1) is 15.6. The largest absolute Gasteiger partial charge is 0.289 e. The number of hydrogen-bond acceptors (Lipinski definition) is 3. The third-order valence-electron chi connectivity index (χ3n) is 5.74. The van der Waals surface area contributed by atoms with Crippen LogP contribution in [0, 0.1) is 6.92 Å². The minimum absolute atomic E-state index is 0.0192. The van der Waals surface area contributed by atoms with Crippen LogP contribution >= 0.6 is 22.9 Å². The fraction of sp³-hybridized carbons (Fsp3) is 0.0714. The summed E-state index contributed by atoms with van der Waals surface area (Å²) in [7, 11) is 0. The average molecular weight is 454 g/mol. The van der Waals surface area contributed by atoms with Crippen molar-refractivity contribution in [3.8, 4) is 22.4 Å². The van der Waals surface area contributed by atoms with Crippen LogP contribution in [-0.2, 0) is 6.42 Å². The monoisotopic (exact) mass is 453 g/mol. The number of thiazole rings is 1. The van der Waals surface area contributed by atoms with E-state index in [0.29, 0.717) is 17.0 Å². The van der Waals surface area contributed by atoms with E-state index in [9.17, 15) is 4.79 Å². The van der Waals surface area contributed by atoms with Crippen molar-refractivity contribution in [2.45, 2.75) is 13.3 Å². The van der Waals surface area contributed by atoms with E-state index in [1.165, 1.54) is 0 Å². The SMILES string of the molecule is Cc1c(Cc2nc(-c3ccccc3)cs2)c2cccccc-2c1C(=O)c1ccc(Cl)cc1. The van der Waals surface area contributed by atoms with Gasteiger partial charge in [-0.3, -0.25) is 4.79 Å². The number of rotatable bonds is 5. The van der Waals surface area contributed by atoms with E-state index in [1.807, 2.05) is 49.4 Å². The standard InChI is InChI=1S/C28H20ClNOS/c1-18-24(16-26-30-25(17-32-26)19-8-4-2-5-9-19)22-10-6-3-7-11-23(22)27(18)28(31)20-12-14-21(29)15-13-20/h2-15,17H,16H2,1H3. The molecule has 4 heteroatoms. The van der Waals surface area contributed by atoms with Crippen LogP contribution in [0.5, 0.6) is 0 Å². The third kappa shape index (κ3) is 3.86. The molecule has 2 nitrogen and oxygen atoms in total. The Bertz CT molecular complexity index is 1370. The van der Waals surface area contributed by atoms with Gasteiger partial charge in [0.05, 0.1) is 10.7 Å². The summed E-state index contributed by atoms with van der Waals surface area (Å²) < 4.78 is 0. The van der Waals surface area contributed by atoms with Gasteiger partial charge in [0.25, 0.3) is 0 Å². The van der Waals surface area contributed by atoms with Crippen molar-refractivity contribution in [1.82, 2.24) is 4.98 Å². The van der Waals surface area contributed by atoms with Gasteiger partial charge in [-0.25, -0.2) is 4.98 Å². The summed E-state index contributed by atoms with van der Waals surface area (Å²) in [5, 5.41) is 3.76. The zero-order chi connectivity index (χ0) is 22.1. The normalized spacial score (nSPS) is 11.1. The molecule has 0 radical (unpaired) electrons. The second-order valence-electron chi connectivity index (χ2n) is 7.72. The molecule has 2 aromatic carbocycles. The zero-order valence-corrected chi connectivity index (χ0v) is 19.1. The van der Waals surface area contributed by atoms with E-state index >= 15 is 0 Å². The van der Waals surface area contributed by atoms with E-state index in [2.05, 4.69) is 23.6 Å². The van der Waals surface area contributed by atoms with E-state index in [1.54, 1.807) is 35.6 Å². The van der Waals surface area contributed by atoms with Gasteiger partial charge in [0.2, 0.25) is 0 Å². The van der Waals surface area contributed by atoms with Crippen molar-refractivity contribution >= 4 is 28.7 Å². The van der Waals surface area contributed by atoms with Crippen LogP contribution in [0.25, 0.3) is 22.4 Å². The molecule has 156 valence electrons. The van der Waals surface area contributed by atoms with Gasteiger partial charge in [0, 0.05) is 33.5 Å². The predicted octanol–water partition coefficient (Wildman–Crippen LogP) is 7.70. The van der Waals surface area contributed by atoms with Gasteiger partial charge in [0.15, 0.2) is 5.78 Å². The molecule has 0 fully saturated rings. The number of hydrogen-bond donors (Lipinski definition) is 0. The highest BCUT2D eigenvalue weighted by Gasteiger charge is 2.25. The highest BCUT2D eigenvalue weighted by atomic mass is 35.5. The molecule has 2 aliphatic carbocycles. The molecule has 1 aromatic heterocycles. The van der Waals surface area contributed by atoms with Gasteiger partial charge >= 0.3 is 0 Å². The molecule has 0 saturated carbocycles. The van der Waals surface area contributed by atoms with Crippen LogP contribution in [0.2, 0.25) is 5.02 Å².